The Bertz CT molecular complexity index is 430. The molecule has 0 spiro atoms. The first-order valence-corrected chi connectivity index (χ1v) is 4.09. The van der Waals surface area contributed by atoms with Gasteiger partial charge in [0.1, 0.15) is 11.3 Å². The molecule has 0 amide bonds. The Balaban J connectivity index is 3.39. The van der Waals surface area contributed by atoms with E-state index in [0.29, 0.717) is 0 Å². The van der Waals surface area contributed by atoms with E-state index in [2.05, 4.69) is 0 Å². The van der Waals surface area contributed by atoms with Crippen LogP contribution in [0.1, 0.15) is 22.5 Å². The van der Waals surface area contributed by atoms with Gasteiger partial charge in [-0.2, -0.15) is 0 Å². The second kappa shape index (κ2) is 4.06. The largest absolute Gasteiger partial charge is 0.319 e. The smallest absolute Gasteiger partial charge is 0.279 e. The molecule has 0 atom stereocenters. The molecule has 0 aromatic carbocycles. The van der Waals surface area contributed by atoms with Gasteiger partial charge in [-0.05, 0) is 17.7 Å². The third-order valence-corrected chi connectivity index (χ3v) is 1.97. The third kappa shape index (κ3) is 2.10. The van der Waals surface area contributed by atoms with Crippen LogP contribution in [-0.2, 0) is 0 Å². The molecule has 1 rings (SSSR count). The highest BCUT2D eigenvalue weighted by atomic mass is 35.5. The van der Waals surface area contributed by atoms with Crippen LogP contribution in [0, 0.1) is 0 Å². The van der Waals surface area contributed by atoms with Crippen molar-refractivity contribution in [3.05, 3.63) is 32.7 Å². The van der Waals surface area contributed by atoms with E-state index in [1.165, 1.54) is 0 Å². The highest BCUT2D eigenvalue weighted by molar-refractivity contribution is 6.67. The van der Waals surface area contributed by atoms with Gasteiger partial charge in [-0.3, -0.25) is 9.59 Å². The average molecular weight is 242 g/mol. The quantitative estimate of drug-likeness (QED) is 0.809. The number of H-pyrrole nitrogens is 1. The molecule has 0 saturated heterocycles. The molecule has 3 nitrogen and oxygen atoms in total. The minimum atomic E-state index is -2.91. The van der Waals surface area contributed by atoms with Gasteiger partial charge in [0.25, 0.3) is 17.2 Å². The van der Waals surface area contributed by atoms with E-state index in [4.69, 9.17) is 23.2 Å². The molecular formula is C7H3Cl2F2NO2. The second-order valence-corrected chi connectivity index (χ2v) is 3.10. The Labute approximate surface area is 86.6 Å². The molecule has 0 bridgehead atoms. The van der Waals surface area contributed by atoms with Gasteiger partial charge < -0.3 is 4.98 Å². The molecule has 0 aliphatic heterocycles. The molecule has 1 aromatic heterocycles. The SMILES string of the molecule is O=C(Cl)c1cc(Cl)c(C(F)F)[nH]c1=O. The summed E-state index contributed by atoms with van der Waals surface area (Å²) in [5.41, 5.74) is -2.16. The lowest BCUT2D eigenvalue weighted by atomic mass is 10.2. The number of halogens is 4. The minimum Gasteiger partial charge on any atom is -0.319 e. The van der Waals surface area contributed by atoms with Crippen molar-refractivity contribution >= 4 is 28.4 Å². The van der Waals surface area contributed by atoms with Crippen molar-refractivity contribution in [1.29, 1.82) is 0 Å². The first kappa shape index (κ1) is 11.1. The lowest BCUT2D eigenvalue weighted by molar-refractivity contribution is 0.107. The number of carbonyl (C=O) groups excluding carboxylic acids is 1. The standard InChI is InChI=1S/C7H3Cl2F2NO2/c8-3-1-2(5(9)13)7(14)12-4(3)6(10)11/h1,6H,(H,12,14). The number of nitrogens with one attached hydrogen (secondary N) is 1. The molecule has 0 saturated carbocycles. The van der Waals surface area contributed by atoms with Gasteiger partial charge in [-0.15, -0.1) is 0 Å². The molecule has 76 valence electrons. The molecule has 0 aliphatic rings. The minimum absolute atomic E-state index is 0.399. The molecule has 7 heteroatoms. The lowest BCUT2D eigenvalue weighted by Gasteiger charge is -2.02. The maximum absolute atomic E-state index is 12.2. The fraction of sp³-hybridized carbons (Fsp3) is 0.143. The van der Waals surface area contributed by atoms with Crippen LogP contribution >= 0.6 is 23.2 Å². The van der Waals surface area contributed by atoms with Gasteiger partial charge in [0.05, 0.1) is 5.02 Å². The number of rotatable bonds is 2. The van der Waals surface area contributed by atoms with E-state index in [1.807, 2.05) is 0 Å². The monoisotopic (exact) mass is 241 g/mol. The Morgan fingerprint density at radius 1 is 1.50 bits per heavy atom. The number of hydrogen-bond donors (Lipinski definition) is 1. The third-order valence-electron chi connectivity index (χ3n) is 1.45. The van der Waals surface area contributed by atoms with Crippen molar-refractivity contribution < 1.29 is 13.6 Å². The zero-order chi connectivity index (χ0) is 10.9. The first-order chi connectivity index (χ1) is 6.43. The second-order valence-electron chi connectivity index (χ2n) is 2.35. The summed E-state index contributed by atoms with van der Waals surface area (Å²) in [6.07, 6.45) is -2.91. The summed E-state index contributed by atoms with van der Waals surface area (Å²) in [5, 5.41) is -1.45. The normalized spacial score (nSPS) is 10.6. The number of pyridine rings is 1. The van der Waals surface area contributed by atoms with E-state index < -0.39 is 33.5 Å². The van der Waals surface area contributed by atoms with Crippen LogP contribution in [0.15, 0.2) is 10.9 Å². The summed E-state index contributed by atoms with van der Waals surface area (Å²) >= 11 is 10.4. The molecule has 1 heterocycles. The Morgan fingerprint density at radius 3 is 2.50 bits per heavy atom. The van der Waals surface area contributed by atoms with Crippen molar-refractivity contribution in [3.63, 3.8) is 0 Å². The lowest BCUT2D eigenvalue weighted by Crippen LogP contribution is -2.17. The fourth-order valence-electron chi connectivity index (χ4n) is 0.824. The fourth-order valence-corrected chi connectivity index (χ4v) is 1.20. The molecule has 0 aliphatic carbocycles. The van der Waals surface area contributed by atoms with Crippen LogP contribution in [0.4, 0.5) is 8.78 Å². The van der Waals surface area contributed by atoms with Crippen LogP contribution < -0.4 is 5.56 Å². The first-order valence-electron chi connectivity index (χ1n) is 3.34. The van der Waals surface area contributed by atoms with Crippen molar-refractivity contribution in [3.8, 4) is 0 Å². The van der Waals surface area contributed by atoms with Gasteiger partial charge in [-0.25, -0.2) is 8.78 Å². The van der Waals surface area contributed by atoms with Crippen LogP contribution in [-0.4, -0.2) is 10.2 Å². The van der Waals surface area contributed by atoms with Gasteiger partial charge in [0.2, 0.25) is 0 Å². The Hall–Kier alpha value is -0.940. The summed E-state index contributed by atoms with van der Waals surface area (Å²) in [4.78, 5) is 23.4. The maximum Gasteiger partial charge on any atom is 0.279 e. The van der Waals surface area contributed by atoms with Gasteiger partial charge >= 0.3 is 0 Å². The van der Waals surface area contributed by atoms with E-state index in [1.54, 1.807) is 4.98 Å². The van der Waals surface area contributed by atoms with E-state index in [9.17, 15) is 18.4 Å². The Morgan fingerprint density at radius 2 is 2.07 bits per heavy atom. The highest BCUT2D eigenvalue weighted by Crippen LogP contribution is 2.24. The number of aromatic nitrogens is 1. The summed E-state index contributed by atoms with van der Waals surface area (Å²) in [6, 6.07) is 0.817. The molecule has 0 radical (unpaired) electrons. The average Bonchev–Trinajstić information content (AvgIpc) is 2.07. The van der Waals surface area contributed by atoms with Crippen molar-refractivity contribution in [2.24, 2.45) is 0 Å². The molecule has 0 fully saturated rings. The van der Waals surface area contributed by atoms with E-state index in [0.717, 1.165) is 6.07 Å². The number of hydrogen-bond acceptors (Lipinski definition) is 2. The number of alkyl halides is 2. The molecule has 0 unspecified atom stereocenters. The Kier molecular flexibility index (Phi) is 3.23. The van der Waals surface area contributed by atoms with Crippen LogP contribution in [0.25, 0.3) is 0 Å². The predicted molar refractivity (Wildman–Crippen MR) is 47.2 cm³/mol. The zero-order valence-corrected chi connectivity index (χ0v) is 7.99. The van der Waals surface area contributed by atoms with Crippen LogP contribution in [0.5, 0.6) is 0 Å². The molecule has 14 heavy (non-hydrogen) atoms. The molecule has 1 N–H and O–H groups in total. The van der Waals surface area contributed by atoms with Crippen molar-refractivity contribution in [2.75, 3.05) is 0 Å². The number of carbonyl (C=O) groups is 1. The van der Waals surface area contributed by atoms with Gasteiger partial charge in [0.15, 0.2) is 0 Å². The van der Waals surface area contributed by atoms with Crippen LogP contribution in [0.3, 0.4) is 0 Å². The predicted octanol–water partition coefficient (Wildman–Crippen LogP) is 2.34. The highest BCUT2D eigenvalue weighted by Gasteiger charge is 2.17. The molecular weight excluding hydrogens is 239 g/mol. The van der Waals surface area contributed by atoms with Crippen molar-refractivity contribution in [2.45, 2.75) is 6.43 Å². The van der Waals surface area contributed by atoms with Gasteiger partial charge in [0, 0.05) is 0 Å². The topological polar surface area (TPSA) is 49.9 Å². The maximum atomic E-state index is 12.2. The van der Waals surface area contributed by atoms with Gasteiger partial charge in [-0.1, -0.05) is 11.6 Å². The van der Waals surface area contributed by atoms with E-state index in [-0.39, 0.29) is 0 Å². The zero-order valence-electron chi connectivity index (χ0n) is 6.48. The summed E-state index contributed by atoms with van der Waals surface area (Å²) in [5.74, 6) is 0. The molecule has 1 aromatic rings. The van der Waals surface area contributed by atoms with Crippen LogP contribution in [0.2, 0.25) is 5.02 Å². The van der Waals surface area contributed by atoms with E-state index >= 15 is 0 Å². The summed E-state index contributed by atoms with van der Waals surface area (Å²) < 4.78 is 24.3. The number of aromatic amines is 1. The summed E-state index contributed by atoms with van der Waals surface area (Å²) in [6.45, 7) is 0. The van der Waals surface area contributed by atoms with Crippen molar-refractivity contribution in [1.82, 2.24) is 4.98 Å². The summed E-state index contributed by atoms with van der Waals surface area (Å²) in [7, 11) is 0.